The summed E-state index contributed by atoms with van der Waals surface area (Å²) in [6.07, 6.45) is 5.01. The van der Waals surface area contributed by atoms with Crippen molar-refractivity contribution in [2.45, 2.75) is 0 Å². The van der Waals surface area contributed by atoms with Crippen LogP contribution < -0.4 is 11.1 Å². The Kier molecular flexibility index (Phi) is 4.41. The zero-order valence-corrected chi connectivity index (χ0v) is 10.4. The molecule has 0 aliphatic rings. The summed E-state index contributed by atoms with van der Waals surface area (Å²) in [5.74, 6) is -0.260. The highest BCUT2D eigenvalue weighted by molar-refractivity contribution is 5.91. The molecule has 1 aromatic carbocycles. The molecular weight excluding hydrogens is 242 g/mol. The molecule has 0 radical (unpaired) electrons. The van der Waals surface area contributed by atoms with E-state index in [0.717, 1.165) is 5.69 Å². The Bertz CT molecular complexity index is 561. The molecule has 2 rings (SSSR count). The highest BCUT2D eigenvalue weighted by Crippen LogP contribution is 2.03. The number of para-hydroxylation sites is 1. The van der Waals surface area contributed by atoms with Crippen LogP contribution in [-0.4, -0.2) is 34.0 Å². The average molecular weight is 257 g/mol. The predicted octanol–water partition coefficient (Wildman–Crippen LogP) is 0.512. The Morgan fingerprint density at radius 1 is 1.32 bits per heavy atom. The first-order valence-corrected chi connectivity index (χ1v) is 5.92. The van der Waals surface area contributed by atoms with Crippen molar-refractivity contribution in [3.05, 3.63) is 54.4 Å². The summed E-state index contributed by atoms with van der Waals surface area (Å²) in [5, 5.41) is 10.9. The number of hydrogen-bond donors (Lipinski definition) is 2. The van der Waals surface area contributed by atoms with Crippen LogP contribution in [0.5, 0.6) is 0 Å². The molecule has 0 spiro atoms. The molecule has 1 amide bonds. The van der Waals surface area contributed by atoms with Crippen molar-refractivity contribution in [1.29, 1.82) is 0 Å². The molecule has 0 saturated heterocycles. The molecule has 1 aromatic heterocycles. The van der Waals surface area contributed by atoms with E-state index in [0.29, 0.717) is 13.1 Å². The summed E-state index contributed by atoms with van der Waals surface area (Å²) in [6.45, 7) is 0.883. The van der Waals surface area contributed by atoms with Gasteiger partial charge >= 0.3 is 0 Å². The van der Waals surface area contributed by atoms with Crippen molar-refractivity contribution in [2.75, 3.05) is 13.1 Å². The van der Waals surface area contributed by atoms with Crippen LogP contribution in [0.15, 0.2) is 48.7 Å². The second kappa shape index (κ2) is 6.46. The molecule has 6 nitrogen and oxygen atoms in total. The first-order chi connectivity index (χ1) is 9.31. The van der Waals surface area contributed by atoms with Gasteiger partial charge in [-0.05, 0) is 12.1 Å². The van der Waals surface area contributed by atoms with Crippen molar-refractivity contribution in [3.63, 3.8) is 0 Å². The van der Waals surface area contributed by atoms with Gasteiger partial charge < -0.3 is 11.1 Å². The molecular formula is C13H15N5O. The van der Waals surface area contributed by atoms with Crippen molar-refractivity contribution in [1.82, 2.24) is 20.3 Å². The molecule has 0 atom stereocenters. The quantitative estimate of drug-likeness (QED) is 0.764. The Hall–Kier alpha value is -2.47. The highest BCUT2D eigenvalue weighted by Gasteiger charge is 2.09. The number of nitrogens with one attached hydrogen (secondary N) is 1. The molecule has 98 valence electrons. The maximum absolute atomic E-state index is 11.8. The van der Waals surface area contributed by atoms with Crippen LogP contribution in [0, 0.1) is 0 Å². The number of hydrogen-bond acceptors (Lipinski definition) is 4. The summed E-state index contributed by atoms with van der Waals surface area (Å²) >= 11 is 0. The van der Waals surface area contributed by atoms with Crippen LogP contribution in [0.25, 0.3) is 5.69 Å². The van der Waals surface area contributed by atoms with Crippen LogP contribution in [0.3, 0.4) is 0 Å². The van der Waals surface area contributed by atoms with E-state index in [1.165, 1.54) is 11.0 Å². The number of carbonyl (C=O) groups excluding carboxylic acids is 1. The lowest BCUT2D eigenvalue weighted by Gasteiger charge is -1.99. The van der Waals surface area contributed by atoms with Gasteiger partial charge in [0.05, 0.1) is 11.9 Å². The Morgan fingerprint density at radius 2 is 2.11 bits per heavy atom. The van der Waals surface area contributed by atoms with Gasteiger partial charge in [-0.15, -0.1) is 5.10 Å². The number of aromatic nitrogens is 3. The van der Waals surface area contributed by atoms with Gasteiger partial charge in [0, 0.05) is 13.1 Å². The number of carbonyl (C=O) groups is 1. The van der Waals surface area contributed by atoms with Crippen molar-refractivity contribution >= 4 is 5.91 Å². The maximum atomic E-state index is 11.8. The van der Waals surface area contributed by atoms with Crippen molar-refractivity contribution in [3.8, 4) is 5.69 Å². The van der Waals surface area contributed by atoms with E-state index >= 15 is 0 Å². The van der Waals surface area contributed by atoms with Crippen LogP contribution >= 0.6 is 0 Å². The van der Waals surface area contributed by atoms with Gasteiger partial charge in [0.2, 0.25) is 0 Å². The number of nitrogens with zero attached hydrogens (tertiary/aromatic N) is 3. The molecule has 0 unspecified atom stereocenters. The lowest BCUT2D eigenvalue weighted by molar-refractivity contribution is 0.0952. The summed E-state index contributed by atoms with van der Waals surface area (Å²) < 4.78 is 0. The number of amides is 1. The molecule has 0 bridgehead atoms. The normalized spacial score (nSPS) is 10.8. The molecule has 0 saturated carbocycles. The fourth-order valence-corrected chi connectivity index (χ4v) is 1.47. The topological polar surface area (TPSA) is 85.8 Å². The third kappa shape index (κ3) is 3.49. The highest BCUT2D eigenvalue weighted by atomic mass is 16.2. The van der Waals surface area contributed by atoms with E-state index in [9.17, 15) is 4.79 Å². The van der Waals surface area contributed by atoms with Gasteiger partial charge in [-0.3, -0.25) is 4.79 Å². The van der Waals surface area contributed by atoms with Crippen molar-refractivity contribution in [2.24, 2.45) is 5.73 Å². The van der Waals surface area contributed by atoms with Gasteiger partial charge in [0.15, 0.2) is 5.69 Å². The van der Waals surface area contributed by atoms with E-state index < -0.39 is 0 Å². The van der Waals surface area contributed by atoms with E-state index in [1.807, 2.05) is 30.3 Å². The molecule has 1 heterocycles. The van der Waals surface area contributed by atoms with E-state index in [-0.39, 0.29) is 11.6 Å². The third-order valence-electron chi connectivity index (χ3n) is 2.39. The summed E-state index contributed by atoms with van der Waals surface area (Å²) in [7, 11) is 0. The first-order valence-electron chi connectivity index (χ1n) is 5.92. The lowest BCUT2D eigenvalue weighted by Crippen LogP contribution is -2.24. The van der Waals surface area contributed by atoms with Gasteiger partial charge in [0.1, 0.15) is 0 Å². The number of benzene rings is 1. The maximum Gasteiger partial charge on any atom is 0.273 e. The fourth-order valence-electron chi connectivity index (χ4n) is 1.47. The van der Waals surface area contributed by atoms with Crippen LogP contribution in [0.4, 0.5) is 0 Å². The summed E-state index contributed by atoms with van der Waals surface area (Å²) in [5.41, 5.74) is 6.39. The van der Waals surface area contributed by atoms with Crippen LogP contribution in [-0.2, 0) is 0 Å². The molecule has 2 aromatic rings. The fraction of sp³-hybridized carbons (Fsp3) is 0.154. The van der Waals surface area contributed by atoms with E-state index in [4.69, 9.17) is 5.73 Å². The SMILES string of the molecule is NC/C=C/CNC(=O)c1cnn(-c2ccccc2)n1. The van der Waals surface area contributed by atoms with Gasteiger partial charge in [-0.25, -0.2) is 0 Å². The Balaban J connectivity index is 2.01. The zero-order chi connectivity index (χ0) is 13.5. The minimum Gasteiger partial charge on any atom is -0.347 e. The molecule has 3 N–H and O–H groups in total. The second-order valence-corrected chi connectivity index (χ2v) is 3.77. The number of rotatable bonds is 5. The minimum atomic E-state index is -0.260. The van der Waals surface area contributed by atoms with Gasteiger partial charge in [-0.1, -0.05) is 30.4 Å². The first kappa shape index (κ1) is 13.0. The predicted molar refractivity (Wildman–Crippen MR) is 71.9 cm³/mol. The Labute approximate surface area is 110 Å². The van der Waals surface area contributed by atoms with Crippen molar-refractivity contribution < 1.29 is 4.79 Å². The standard InChI is InChI=1S/C13H15N5O/c14-8-4-5-9-15-13(19)12-10-16-18(17-12)11-6-2-1-3-7-11/h1-7,10H,8-9,14H2,(H,15,19)/b5-4+. The lowest BCUT2D eigenvalue weighted by atomic mass is 10.3. The molecule has 0 aliphatic heterocycles. The van der Waals surface area contributed by atoms with Gasteiger partial charge in [0.25, 0.3) is 5.91 Å². The van der Waals surface area contributed by atoms with E-state index in [1.54, 1.807) is 12.2 Å². The average Bonchev–Trinajstić information content (AvgIpc) is 2.94. The molecule has 0 aliphatic carbocycles. The summed E-state index contributed by atoms with van der Waals surface area (Å²) in [4.78, 5) is 13.2. The van der Waals surface area contributed by atoms with E-state index in [2.05, 4.69) is 15.5 Å². The monoisotopic (exact) mass is 257 g/mol. The molecule has 0 fully saturated rings. The minimum absolute atomic E-state index is 0.260. The zero-order valence-electron chi connectivity index (χ0n) is 10.4. The Morgan fingerprint density at radius 3 is 2.84 bits per heavy atom. The second-order valence-electron chi connectivity index (χ2n) is 3.77. The van der Waals surface area contributed by atoms with Crippen LogP contribution in [0.2, 0.25) is 0 Å². The molecule has 19 heavy (non-hydrogen) atoms. The van der Waals surface area contributed by atoms with Gasteiger partial charge in [-0.2, -0.15) is 9.90 Å². The third-order valence-corrected chi connectivity index (χ3v) is 2.39. The number of nitrogens with two attached hydrogens (primary N) is 1. The molecule has 6 heteroatoms. The summed E-state index contributed by atoms with van der Waals surface area (Å²) in [6, 6.07) is 9.41. The largest absolute Gasteiger partial charge is 0.347 e. The smallest absolute Gasteiger partial charge is 0.273 e. The van der Waals surface area contributed by atoms with Crippen LogP contribution in [0.1, 0.15) is 10.5 Å².